The first-order valence-corrected chi connectivity index (χ1v) is 9.92. The van der Waals surface area contributed by atoms with Crippen molar-refractivity contribution in [2.24, 2.45) is 5.92 Å². The van der Waals surface area contributed by atoms with E-state index in [9.17, 15) is 16.8 Å². The molecule has 1 aliphatic carbocycles. The van der Waals surface area contributed by atoms with Crippen molar-refractivity contribution in [1.82, 2.24) is 5.32 Å². The lowest BCUT2D eigenvalue weighted by atomic mass is 9.87. The maximum Gasteiger partial charge on any atom is 0.397 e. The zero-order valence-electron chi connectivity index (χ0n) is 11.6. The van der Waals surface area contributed by atoms with Gasteiger partial charge in [-0.3, -0.25) is 4.55 Å². The molecule has 0 aromatic carbocycles. The van der Waals surface area contributed by atoms with Crippen molar-refractivity contribution >= 4 is 20.2 Å². The van der Waals surface area contributed by atoms with Crippen LogP contribution in [0.1, 0.15) is 32.6 Å². The SMILES string of the molecule is CC1CCC(NCCS(=O)(=O)CCOS(=O)(=O)O)CC1. The first-order valence-electron chi connectivity index (χ1n) is 6.73. The number of hydrogen-bond donors (Lipinski definition) is 2. The molecule has 1 aliphatic rings. The Morgan fingerprint density at radius 3 is 2.25 bits per heavy atom. The molecule has 20 heavy (non-hydrogen) atoms. The zero-order chi connectivity index (χ0) is 15.2. The lowest BCUT2D eigenvalue weighted by Gasteiger charge is -2.26. The van der Waals surface area contributed by atoms with Gasteiger partial charge < -0.3 is 5.32 Å². The van der Waals surface area contributed by atoms with E-state index in [2.05, 4.69) is 16.4 Å². The van der Waals surface area contributed by atoms with E-state index in [-0.39, 0.29) is 5.75 Å². The topological polar surface area (TPSA) is 110 Å². The molecule has 0 radical (unpaired) electrons. The van der Waals surface area contributed by atoms with Crippen LogP contribution in [0.2, 0.25) is 0 Å². The fourth-order valence-corrected chi connectivity index (χ4v) is 3.62. The van der Waals surface area contributed by atoms with E-state index in [1.165, 1.54) is 0 Å². The van der Waals surface area contributed by atoms with Crippen LogP contribution >= 0.6 is 0 Å². The van der Waals surface area contributed by atoms with Crippen LogP contribution in [0.3, 0.4) is 0 Å². The van der Waals surface area contributed by atoms with Gasteiger partial charge in [0.25, 0.3) is 0 Å². The Kier molecular flexibility index (Phi) is 6.86. The highest BCUT2D eigenvalue weighted by Gasteiger charge is 2.19. The number of rotatable bonds is 8. The summed E-state index contributed by atoms with van der Waals surface area (Å²) in [6.45, 7) is 2.02. The Hall–Kier alpha value is -0.220. The second-order valence-electron chi connectivity index (χ2n) is 5.31. The highest BCUT2D eigenvalue weighted by Crippen LogP contribution is 2.23. The summed E-state index contributed by atoms with van der Waals surface area (Å²) in [6, 6.07) is 0.371. The summed E-state index contributed by atoms with van der Waals surface area (Å²) in [7, 11) is -7.95. The first kappa shape index (κ1) is 17.8. The monoisotopic (exact) mass is 329 g/mol. The van der Waals surface area contributed by atoms with Gasteiger partial charge in [0, 0.05) is 12.6 Å². The molecule has 0 aromatic heterocycles. The zero-order valence-corrected chi connectivity index (χ0v) is 13.2. The minimum atomic E-state index is -4.57. The summed E-state index contributed by atoms with van der Waals surface area (Å²) in [5, 5.41) is 3.22. The third-order valence-electron chi connectivity index (χ3n) is 3.49. The van der Waals surface area contributed by atoms with Crippen molar-refractivity contribution in [3.8, 4) is 0 Å². The van der Waals surface area contributed by atoms with Crippen LogP contribution in [0, 0.1) is 5.92 Å². The molecule has 0 aliphatic heterocycles. The average Bonchev–Trinajstić information content (AvgIpc) is 2.29. The Labute approximate surface area is 121 Å². The maximum absolute atomic E-state index is 11.6. The van der Waals surface area contributed by atoms with Gasteiger partial charge in [-0.25, -0.2) is 12.6 Å². The molecule has 9 heteroatoms. The molecule has 0 spiro atoms. The number of sulfone groups is 1. The molecule has 2 N–H and O–H groups in total. The van der Waals surface area contributed by atoms with Crippen molar-refractivity contribution in [2.75, 3.05) is 24.7 Å². The molecule has 7 nitrogen and oxygen atoms in total. The van der Waals surface area contributed by atoms with Gasteiger partial charge in [-0.15, -0.1) is 0 Å². The summed E-state index contributed by atoms with van der Waals surface area (Å²) in [5.41, 5.74) is 0. The molecular formula is C11H23NO6S2. The van der Waals surface area contributed by atoms with E-state index in [0.29, 0.717) is 12.6 Å². The molecule has 0 amide bonds. The van der Waals surface area contributed by atoms with Gasteiger partial charge in [0.2, 0.25) is 0 Å². The fourth-order valence-electron chi connectivity index (χ4n) is 2.25. The Morgan fingerprint density at radius 2 is 1.70 bits per heavy atom. The summed E-state index contributed by atoms with van der Waals surface area (Å²) in [5.74, 6) is 0.263. The maximum atomic E-state index is 11.6. The second-order valence-corrected chi connectivity index (χ2v) is 8.71. The van der Waals surface area contributed by atoms with Crippen molar-refractivity contribution < 1.29 is 25.6 Å². The Morgan fingerprint density at radius 1 is 1.10 bits per heavy atom. The smallest absolute Gasteiger partial charge is 0.313 e. The number of hydrogen-bond acceptors (Lipinski definition) is 6. The molecule has 0 atom stereocenters. The molecule has 1 rings (SSSR count). The first-order chi connectivity index (χ1) is 9.18. The summed E-state index contributed by atoms with van der Waals surface area (Å²) in [4.78, 5) is 0. The normalized spacial score (nSPS) is 24.7. The van der Waals surface area contributed by atoms with E-state index in [4.69, 9.17) is 4.55 Å². The molecule has 0 heterocycles. The minimum Gasteiger partial charge on any atom is -0.313 e. The van der Waals surface area contributed by atoms with Crippen LogP contribution in [0.15, 0.2) is 0 Å². The molecule has 1 saturated carbocycles. The van der Waals surface area contributed by atoms with Gasteiger partial charge in [-0.2, -0.15) is 8.42 Å². The largest absolute Gasteiger partial charge is 0.397 e. The summed E-state index contributed by atoms with van der Waals surface area (Å²) in [6.07, 6.45) is 4.44. The molecule has 0 bridgehead atoms. The second kappa shape index (κ2) is 7.69. The standard InChI is InChI=1S/C11H23NO6S2/c1-10-2-4-11(5-3-10)12-6-8-19(13,14)9-7-18-20(15,16)17/h10-12H,2-9H2,1H3,(H,15,16,17). The van der Waals surface area contributed by atoms with Crippen molar-refractivity contribution in [1.29, 1.82) is 0 Å². The highest BCUT2D eigenvalue weighted by molar-refractivity contribution is 7.91. The summed E-state index contributed by atoms with van der Waals surface area (Å²) >= 11 is 0. The van der Waals surface area contributed by atoms with E-state index >= 15 is 0 Å². The van der Waals surface area contributed by atoms with E-state index in [1.54, 1.807) is 0 Å². The quantitative estimate of drug-likeness (QED) is 0.620. The van der Waals surface area contributed by atoms with E-state index in [0.717, 1.165) is 31.6 Å². The molecule has 120 valence electrons. The fraction of sp³-hybridized carbons (Fsp3) is 1.00. The third kappa shape index (κ3) is 8.15. The van der Waals surface area contributed by atoms with Gasteiger partial charge >= 0.3 is 10.4 Å². The van der Waals surface area contributed by atoms with Crippen LogP contribution in [0.4, 0.5) is 0 Å². The van der Waals surface area contributed by atoms with E-state index < -0.39 is 32.6 Å². The molecule has 1 fully saturated rings. The van der Waals surface area contributed by atoms with Gasteiger partial charge in [0.1, 0.15) is 0 Å². The minimum absolute atomic E-state index is 0.0616. The average molecular weight is 329 g/mol. The van der Waals surface area contributed by atoms with Gasteiger partial charge in [0.15, 0.2) is 9.84 Å². The van der Waals surface area contributed by atoms with Gasteiger partial charge in [0.05, 0.1) is 18.1 Å². The lowest BCUT2D eigenvalue weighted by molar-refractivity contribution is 0.284. The summed E-state index contributed by atoms with van der Waals surface area (Å²) < 4.78 is 56.1. The molecule has 0 saturated heterocycles. The predicted octanol–water partition coefficient (Wildman–Crippen LogP) is 0.389. The van der Waals surface area contributed by atoms with Crippen LogP contribution in [0.5, 0.6) is 0 Å². The van der Waals surface area contributed by atoms with Crippen molar-refractivity contribution in [2.45, 2.75) is 38.6 Å². The van der Waals surface area contributed by atoms with Crippen LogP contribution < -0.4 is 5.32 Å². The predicted molar refractivity (Wildman–Crippen MR) is 75.6 cm³/mol. The number of nitrogens with one attached hydrogen (secondary N) is 1. The van der Waals surface area contributed by atoms with Crippen molar-refractivity contribution in [3.63, 3.8) is 0 Å². The Bertz CT molecular complexity index is 479. The van der Waals surface area contributed by atoms with Crippen LogP contribution in [-0.2, 0) is 24.4 Å². The molecule has 0 aromatic rings. The van der Waals surface area contributed by atoms with E-state index in [1.807, 2.05) is 0 Å². The highest BCUT2D eigenvalue weighted by atomic mass is 32.3. The van der Waals surface area contributed by atoms with Gasteiger partial charge in [-0.05, 0) is 31.6 Å². The van der Waals surface area contributed by atoms with Crippen LogP contribution in [0.25, 0.3) is 0 Å². The lowest BCUT2D eigenvalue weighted by Crippen LogP contribution is -2.36. The Balaban J connectivity index is 2.19. The third-order valence-corrected chi connectivity index (χ3v) is 5.57. The molecule has 0 unspecified atom stereocenters. The van der Waals surface area contributed by atoms with Gasteiger partial charge in [-0.1, -0.05) is 6.92 Å². The molecular weight excluding hydrogens is 306 g/mol. The van der Waals surface area contributed by atoms with Crippen molar-refractivity contribution in [3.05, 3.63) is 0 Å². The van der Waals surface area contributed by atoms with Crippen LogP contribution in [-0.4, -0.2) is 52.1 Å².